The van der Waals surface area contributed by atoms with Crippen LogP contribution in [0.25, 0.3) is 0 Å². The van der Waals surface area contributed by atoms with Gasteiger partial charge in [-0.25, -0.2) is 4.79 Å². The lowest BCUT2D eigenvalue weighted by molar-refractivity contribution is 0.0636. The molecule has 1 rings (SSSR count). The van der Waals surface area contributed by atoms with E-state index >= 15 is 0 Å². The molecule has 0 radical (unpaired) electrons. The third-order valence-electron chi connectivity index (χ3n) is 2.15. The van der Waals surface area contributed by atoms with E-state index in [0.717, 1.165) is 4.47 Å². The van der Waals surface area contributed by atoms with Crippen molar-refractivity contribution < 1.29 is 14.3 Å². The van der Waals surface area contributed by atoms with Gasteiger partial charge in [-0.3, -0.25) is 5.32 Å². The van der Waals surface area contributed by atoms with Gasteiger partial charge < -0.3 is 9.47 Å². The fraction of sp³-hybridized carbons (Fsp3) is 0.400. The molecule has 1 N–H and O–H groups in total. The van der Waals surface area contributed by atoms with E-state index in [1.165, 1.54) is 0 Å². The Morgan fingerprint density at radius 1 is 1.40 bits per heavy atom. The van der Waals surface area contributed by atoms with Gasteiger partial charge >= 0.3 is 6.09 Å². The van der Waals surface area contributed by atoms with Crippen LogP contribution < -0.4 is 10.1 Å². The zero-order chi connectivity index (χ0) is 15.2. The summed E-state index contributed by atoms with van der Waals surface area (Å²) in [7, 11) is 0. The van der Waals surface area contributed by atoms with Crippen molar-refractivity contribution in [3.63, 3.8) is 0 Å². The van der Waals surface area contributed by atoms with Crippen LogP contribution in [0.4, 0.5) is 10.5 Å². The third kappa shape index (κ3) is 6.10. The highest BCUT2D eigenvalue weighted by atomic mass is 79.9. The van der Waals surface area contributed by atoms with Gasteiger partial charge in [0.2, 0.25) is 0 Å². The summed E-state index contributed by atoms with van der Waals surface area (Å²) < 4.78 is 11.6. The Hall–Kier alpha value is -1.49. The lowest BCUT2D eigenvalue weighted by Crippen LogP contribution is -2.27. The van der Waals surface area contributed by atoms with Crippen molar-refractivity contribution in [1.82, 2.24) is 0 Å². The van der Waals surface area contributed by atoms with Crippen LogP contribution >= 0.6 is 15.9 Å². The van der Waals surface area contributed by atoms with Gasteiger partial charge in [0.15, 0.2) is 0 Å². The molecule has 4 nitrogen and oxygen atoms in total. The molecule has 0 saturated carbocycles. The van der Waals surface area contributed by atoms with Crippen LogP contribution in [0.5, 0.6) is 5.75 Å². The Morgan fingerprint density at radius 2 is 2.10 bits per heavy atom. The summed E-state index contributed by atoms with van der Waals surface area (Å²) >= 11 is 3.40. The Labute approximate surface area is 128 Å². The minimum absolute atomic E-state index is 0.477. The van der Waals surface area contributed by atoms with Gasteiger partial charge in [0.05, 0.1) is 4.47 Å². The first kappa shape index (κ1) is 16.6. The van der Waals surface area contributed by atoms with Crippen molar-refractivity contribution in [1.29, 1.82) is 0 Å². The molecule has 1 amide bonds. The number of carbonyl (C=O) groups is 1. The van der Waals surface area contributed by atoms with Gasteiger partial charge in [-0.05, 0) is 55.8 Å². The summed E-state index contributed by atoms with van der Waals surface area (Å²) in [5, 5.41) is 2.68. The van der Waals surface area contributed by atoms with E-state index in [1.54, 1.807) is 12.1 Å². The van der Waals surface area contributed by atoms with Crippen molar-refractivity contribution in [3.05, 3.63) is 34.8 Å². The lowest BCUT2D eigenvalue weighted by atomic mass is 10.2. The molecule has 0 unspecified atom stereocenters. The summed E-state index contributed by atoms with van der Waals surface area (Å²) in [6.07, 6.45) is 3.33. The van der Waals surface area contributed by atoms with Gasteiger partial charge in [-0.15, -0.1) is 0 Å². The fourth-order valence-corrected chi connectivity index (χ4v) is 1.71. The Morgan fingerprint density at radius 3 is 2.70 bits per heavy atom. The van der Waals surface area contributed by atoms with Crippen LogP contribution in [0.1, 0.15) is 27.7 Å². The van der Waals surface area contributed by atoms with Crippen LogP contribution in [0.15, 0.2) is 34.8 Å². The quantitative estimate of drug-likeness (QED) is 0.803. The molecular formula is C15H20BrNO3. The van der Waals surface area contributed by atoms with E-state index in [-0.39, 0.29) is 0 Å². The normalized spacial score (nSPS) is 11.4. The SMILES string of the molecule is CC=CCOc1cc(NC(=O)OC(C)(C)C)ccc1Br. The standard InChI is InChI=1S/C15H20BrNO3/c1-5-6-9-19-13-10-11(7-8-12(13)16)17-14(18)20-15(2,3)4/h5-8,10H,9H2,1-4H3,(H,17,18). The Balaban J connectivity index is 2.71. The van der Waals surface area contributed by atoms with Crippen LogP contribution in [-0.4, -0.2) is 18.3 Å². The number of nitrogens with one attached hydrogen (secondary N) is 1. The topological polar surface area (TPSA) is 47.6 Å². The van der Waals surface area contributed by atoms with Gasteiger partial charge in [-0.1, -0.05) is 12.2 Å². The number of carbonyl (C=O) groups excluding carboxylic acids is 1. The predicted molar refractivity (Wildman–Crippen MR) is 84.3 cm³/mol. The Bertz CT molecular complexity index is 492. The van der Waals surface area contributed by atoms with Crippen LogP contribution in [-0.2, 0) is 4.74 Å². The van der Waals surface area contributed by atoms with Crippen molar-refractivity contribution in [2.75, 3.05) is 11.9 Å². The molecular weight excluding hydrogens is 322 g/mol. The van der Waals surface area contributed by atoms with Crippen LogP contribution in [0.3, 0.4) is 0 Å². The average Bonchev–Trinajstić information content (AvgIpc) is 2.31. The number of hydrogen-bond acceptors (Lipinski definition) is 3. The molecule has 0 aliphatic carbocycles. The van der Waals surface area contributed by atoms with Crippen molar-refractivity contribution in [2.24, 2.45) is 0 Å². The van der Waals surface area contributed by atoms with Crippen molar-refractivity contribution in [3.8, 4) is 5.75 Å². The molecule has 0 atom stereocenters. The second-order valence-corrected chi connectivity index (χ2v) is 6.01. The maximum atomic E-state index is 11.7. The highest BCUT2D eigenvalue weighted by Gasteiger charge is 2.16. The number of anilines is 1. The summed E-state index contributed by atoms with van der Waals surface area (Å²) in [5.41, 5.74) is 0.1000. The van der Waals surface area contributed by atoms with E-state index in [9.17, 15) is 4.79 Å². The second kappa shape index (κ2) is 7.33. The maximum absolute atomic E-state index is 11.7. The monoisotopic (exact) mass is 341 g/mol. The molecule has 0 bridgehead atoms. The van der Waals surface area contributed by atoms with E-state index in [1.807, 2.05) is 45.9 Å². The van der Waals surface area contributed by atoms with E-state index in [0.29, 0.717) is 18.0 Å². The van der Waals surface area contributed by atoms with Gasteiger partial charge in [0, 0.05) is 11.8 Å². The highest BCUT2D eigenvalue weighted by molar-refractivity contribution is 9.10. The molecule has 110 valence electrons. The molecule has 5 heteroatoms. The van der Waals surface area contributed by atoms with Crippen LogP contribution in [0.2, 0.25) is 0 Å². The van der Waals surface area contributed by atoms with Crippen molar-refractivity contribution >= 4 is 27.7 Å². The maximum Gasteiger partial charge on any atom is 0.412 e. The van der Waals surface area contributed by atoms with Gasteiger partial charge in [-0.2, -0.15) is 0 Å². The second-order valence-electron chi connectivity index (χ2n) is 5.15. The summed E-state index contributed by atoms with van der Waals surface area (Å²) in [5.74, 6) is 0.664. The molecule has 0 fully saturated rings. The largest absolute Gasteiger partial charge is 0.488 e. The zero-order valence-electron chi connectivity index (χ0n) is 12.2. The minimum Gasteiger partial charge on any atom is -0.488 e. The number of rotatable bonds is 4. The smallest absolute Gasteiger partial charge is 0.412 e. The number of benzene rings is 1. The van der Waals surface area contributed by atoms with Gasteiger partial charge in [0.25, 0.3) is 0 Å². The van der Waals surface area contributed by atoms with E-state index in [4.69, 9.17) is 9.47 Å². The van der Waals surface area contributed by atoms with Crippen LogP contribution in [0, 0.1) is 0 Å². The molecule has 0 aromatic heterocycles. The van der Waals surface area contributed by atoms with Gasteiger partial charge in [0.1, 0.15) is 18.0 Å². The fourth-order valence-electron chi connectivity index (χ4n) is 1.35. The number of hydrogen-bond donors (Lipinski definition) is 1. The van der Waals surface area contributed by atoms with E-state index < -0.39 is 11.7 Å². The summed E-state index contributed by atoms with van der Waals surface area (Å²) in [4.78, 5) is 11.7. The average molecular weight is 342 g/mol. The molecule has 0 heterocycles. The molecule has 1 aromatic rings. The number of allylic oxidation sites excluding steroid dienone is 1. The predicted octanol–water partition coefficient (Wildman–Crippen LogP) is 4.75. The number of ether oxygens (including phenoxy) is 2. The zero-order valence-corrected chi connectivity index (χ0v) is 13.8. The summed E-state index contributed by atoms with van der Waals surface area (Å²) in [6, 6.07) is 5.34. The number of amides is 1. The van der Waals surface area contributed by atoms with Crippen molar-refractivity contribution in [2.45, 2.75) is 33.3 Å². The minimum atomic E-state index is -0.523. The summed E-state index contributed by atoms with van der Waals surface area (Å²) in [6.45, 7) is 7.86. The third-order valence-corrected chi connectivity index (χ3v) is 2.80. The molecule has 0 aliphatic rings. The van der Waals surface area contributed by atoms with E-state index in [2.05, 4.69) is 21.2 Å². The molecule has 1 aromatic carbocycles. The molecule has 0 spiro atoms. The molecule has 20 heavy (non-hydrogen) atoms. The first-order valence-corrected chi connectivity index (χ1v) is 7.14. The first-order chi connectivity index (χ1) is 9.31. The highest BCUT2D eigenvalue weighted by Crippen LogP contribution is 2.28. The first-order valence-electron chi connectivity index (χ1n) is 6.35. The molecule has 0 saturated heterocycles. The Kier molecular flexibility index (Phi) is 6.07. The molecule has 0 aliphatic heterocycles. The lowest BCUT2D eigenvalue weighted by Gasteiger charge is -2.20. The number of halogens is 1.